The molecule has 1 N–H and O–H groups in total. The molecule has 0 unspecified atom stereocenters. The van der Waals surface area contributed by atoms with E-state index in [0.29, 0.717) is 6.54 Å². The summed E-state index contributed by atoms with van der Waals surface area (Å²) < 4.78 is 0. The van der Waals surface area contributed by atoms with E-state index < -0.39 is 5.60 Å². The van der Waals surface area contributed by atoms with Crippen LogP contribution >= 0.6 is 11.3 Å². The van der Waals surface area contributed by atoms with Gasteiger partial charge in [0.2, 0.25) is 0 Å². The Kier molecular flexibility index (Phi) is 4.08. The summed E-state index contributed by atoms with van der Waals surface area (Å²) in [5, 5.41) is 9.87. The van der Waals surface area contributed by atoms with Crippen LogP contribution in [0, 0.1) is 0 Å². The number of amides is 1. The van der Waals surface area contributed by atoms with E-state index in [2.05, 4.69) is 11.0 Å². The molecule has 2 heterocycles. The third-order valence-corrected chi connectivity index (χ3v) is 5.45. The molecule has 5 heteroatoms. The van der Waals surface area contributed by atoms with Crippen molar-refractivity contribution in [1.29, 1.82) is 0 Å². The molecular formula is C16H24N2O2S. The number of thiophene rings is 1. The van der Waals surface area contributed by atoms with Crippen molar-refractivity contribution < 1.29 is 9.90 Å². The third-order valence-electron chi connectivity index (χ3n) is 4.23. The first kappa shape index (κ1) is 15.0. The molecule has 2 aliphatic rings. The van der Waals surface area contributed by atoms with Gasteiger partial charge in [-0.15, -0.1) is 11.3 Å². The summed E-state index contributed by atoms with van der Waals surface area (Å²) in [6.45, 7) is 7.55. The Morgan fingerprint density at radius 2 is 2.00 bits per heavy atom. The molecule has 0 spiro atoms. The maximum Gasteiger partial charge on any atom is 0.264 e. The molecule has 0 atom stereocenters. The number of rotatable bonds is 3. The van der Waals surface area contributed by atoms with Gasteiger partial charge in [0, 0.05) is 37.6 Å². The van der Waals surface area contributed by atoms with Gasteiger partial charge in [-0.25, -0.2) is 0 Å². The molecule has 21 heavy (non-hydrogen) atoms. The molecule has 0 saturated carbocycles. The van der Waals surface area contributed by atoms with Crippen molar-refractivity contribution in [3.05, 3.63) is 21.4 Å². The highest BCUT2D eigenvalue weighted by atomic mass is 32.1. The number of hydrogen-bond donors (Lipinski definition) is 1. The maximum absolute atomic E-state index is 12.6. The van der Waals surface area contributed by atoms with Gasteiger partial charge in [-0.3, -0.25) is 9.69 Å². The van der Waals surface area contributed by atoms with Crippen molar-refractivity contribution in [3.63, 3.8) is 0 Å². The second-order valence-electron chi connectivity index (χ2n) is 6.79. The fourth-order valence-electron chi connectivity index (χ4n) is 3.25. The van der Waals surface area contributed by atoms with E-state index in [0.717, 1.165) is 43.9 Å². The number of β-amino-alcohol motifs (C(OH)–C–C–N with tert-alkyl or cyclic N) is 1. The summed E-state index contributed by atoms with van der Waals surface area (Å²) in [6, 6.07) is 2.11. The lowest BCUT2D eigenvalue weighted by atomic mass is 10.1. The highest BCUT2D eigenvalue weighted by Crippen LogP contribution is 2.31. The van der Waals surface area contributed by atoms with Crippen LogP contribution in [0.3, 0.4) is 0 Å². The van der Waals surface area contributed by atoms with E-state index in [-0.39, 0.29) is 5.91 Å². The van der Waals surface area contributed by atoms with Crippen LogP contribution in [0.2, 0.25) is 0 Å². The Bertz CT molecular complexity index is 503. The summed E-state index contributed by atoms with van der Waals surface area (Å²) in [7, 11) is 0. The van der Waals surface area contributed by atoms with Crippen molar-refractivity contribution >= 4 is 17.2 Å². The quantitative estimate of drug-likeness (QED) is 0.925. The molecule has 0 bridgehead atoms. The average Bonchev–Trinajstić information content (AvgIpc) is 2.97. The van der Waals surface area contributed by atoms with Crippen LogP contribution in [0.4, 0.5) is 0 Å². The van der Waals surface area contributed by atoms with Crippen LogP contribution in [0.5, 0.6) is 0 Å². The standard InChI is InChI=1S/C16H24N2O2S/c1-16(2,20)11-17-6-8-18(9-7-17)15(19)14-10-12-4-3-5-13(12)21-14/h10,20H,3-9,11H2,1-2H3. The topological polar surface area (TPSA) is 43.8 Å². The minimum Gasteiger partial charge on any atom is -0.389 e. The first-order valence-electron chi connectivity index (χ1n) is 7.78. The van der Waals surface area contributed by atoms with Gasteiger partial charge in [-0.2, -0.15) is 0 Å². The summed E-state index contributed by atoms with van der Waals surface area (Å²) in [6.07, 6.45) is 3.52. The smallest absolute Gasteiger partial charge is 0.264 e. The first-order valence-corrected chi connectivity index (χ1v) is 8.60. The predicted molar refractivity (Wildman–Crippen MR) is 85.0 cm³/mol. The van der Waals surface area contributed by atoms with Gasteiger partial charge in [-0.05, 0) is 44.7 Å². The van der Waals surface area contributed by atoms with E-state index in [1.807, 2.05) is 18.7 Å². The molecule has 1 fully saturated rings. The lowest BCUT2D eigenvalue weighted by Crippen LogP contribution is -2.51. The highest BCUT2D eigenvalue weighted by Gasteiger charge is 2.27. The zero-order valence-electron chi connectivity index (χ0n) is 12.9. The van der Waals surface area contributed by atoms with Crippen LogP contribution in [-0.4, -0.2) is 59.1 Å². The Morgan fingerprint density at radius 1 is 1.29 bits per heavy atom. The number of piperazine rings is 1. The third kappa shape index (κ3) is 3.47. The molecule has 3 rings (SSSR count). The fraction of sp³-hybridized carbons (Fsp3) is 0.688. The van der Waals surface area contributed by atoms with Crippen LogP contribution in [0.25, 0.3) is 0 Å². The van der Waals surface area contributed by atoms with Gasteiger partial charge in [0.05, 0.1) is 10.5 Å². The van der Waals surface area contributed by atoms with E-state index in [1.165, 1.54) is 16.9 Å². The number of carbonyl (C=O) groups excluding carboxylic acids is 1. The number of hydrogen-bond acceptors (Lipinski definition) is 4. The van der Waals surface area contributed by atoms with Crippen LogP contribution in [-0.2, 0) is 12.8 Å². The number of aliphatic hydroxyl groups is 1. The zero-order valence-corrected chi connectivity index (χ0v) is 13.7. The molecule has 1 aromatic rings. The second kappa shape index (κ2) is 5.71. The van der Waals surface area contributed by atoms with Crippen molar-refractivity contribution in [2.24, 2.45) is 0 Å². The zero-order chi connectivity index (χ0) is 15.0. The highest BCUT2D eigenvalue weighted by molar-refractivity contribution is 7.14. The van der Waals surface area contributed by atoms with E-state index in [4.69, 9.17) is 0 Å². The monoisotopic (exact) mass is 308 g/mol. The fourth-order valence-corrected chi connectivity index (χ4v) is 4.47. The Hall–Kier alpha value is -0.910. The van der Waals surface area contributed by atoms with Crippen LogP contribution in [0.1, 0.15) is 40.4 Å². The van der Waals surface area contributed by atoms with Gasteiger partial charge in [-0.1, -0.05) is 0 Å². The molecule has 0 radical (unpaired) electrons. The molecule has 1 aromatic heterocycles. The minimum atomic E-state index is -0.666. The van der Waals surface area contributed by atoms with E-state index >= 15 is 0 Å². The van der Waals surface area contributed by atoms with Crippen molar-refractivity contribution in [2.75, 3.05) is 32.7 Å². The Balaban J connectivity index is 1.57. The summed E-state index contributed by atoms with van der Waals surface area (Å²) in [5.41, 5.74) is 0.727. The number of fused-ring (bicyclic) bond motifs is 1. The number of nitrogens with zero attached hydrogens (tertiary/aromatic N) is 2. The van der Waals surface area contributed by atoms with Gasteiger partial charge in [0.25, 0.3) is 5.91 Å². The first-order chi connectivity index (χ1) is 9.92. The van der Waals surface area contributed by atoms with Crippen LogP contribution < -0.4 is 0 Å². The lowest BCUT2D eigenvalue weighted by Gasteiger charge is -2.37. The average molecular weight is 308 g/mol. The number of aryl methyl sites for hydroxylation is 2. The van der Waals surface area contributed by atoms with Gasteiger partial charge < -0.3 is 10.0 Å². The molecule has 1 aliphatic carbocycles. The summed E-state index contributed by atoms with van der Waals surface area (Å²) >= 11 is 1.69. The van der Waals surface area contributed by atoms with Gasteiger partial charge in [0.1, 0.15) is 0 Å². The predicted octanol–water partition coefficient (Wildman–Crippen LogP) is 1.77. The SMILES string of the molecule is CC(C)(O)CN1CCN(C(=O)c2cc3c(s2)CCC3)CC1. The van der Waals surface area contributed by atoms with Gasteiger partial charge in [0.15, 0.2) is 0 Å². The Morgan fingerprint density at radius 3 is 2.62 bits per heavy atom. The van der Waals surface area contributed by atoms with Crippen molar-refractivity contribution in [1.82, 2.24) is 9.80 Å². The van der Waals surface area contributed by atoms with E-state index in [9.17, 15) is 9.90 Å². The molecule has 1 aliphatic heterocycles. The largest absolute Gasteiger partial charge is 0.389 e. The second-order valence-corrected chi connectivity index (χ2v) is 7.93. The van der Waals surface area contributed by atoms with Crippen molar-refractivity contribution in [3.8, 4) is 0 Å². The molecular weight excluding hydrogens is 284 g/mol. The Labute approximate surface area is 130 Å². The lowest BCUT2D eigenvalue weighted by molar-refractivity contribution is 0.0179. The van der Waals surface area contributed by atoms with E-state index in [1.54, 1.807) is 11.3 Å². The van der Waals surface area contributed by atoms with Crippen molar-refractivity contribution in [2.45, 2.75) is 38.7 Å². The summed E-state index contributed by atoms with van der Waals surface area (Å²) in [4.78, 5) is 19.1. The van der Waals surface area contributed by atoms with Gasteiger partial charge >= 0.3 is 0 Å². The molecule has 116 valence electrons. The summed E-state index contributed by atoms with van der Waals surface area (Å²) in [5.74, 6) is 0.192. The molecule has 1 saturated heterocycles. The molecule has 0 aromatic carbocycles. The normalized spacial score (nSPS) is 19.9. The molecule has 1 amide bonds. The maximum atomic E-state index is 12.6. The molecule has 4 nitrogen and oxygen atoms in total. The van der Waals surface area contributed by atoms with Crippen LogP contribution in [0.15, 0.2) is 6.07 Å². The minimum absolute atomic E-state index is 0.192. The number of carbonyl (C=O) groups is 1.